The van der Waals surface area contributed by atoms with Crippen LogP contribution < -0.4 is 10.6 Å². The number of hydrogen-bond acceptors (Lipinski definition) is 3. The molecule has 0 aromatic rings. The molecule has 0 saturated carbocycles. The second-order valence-electron chi connectivity index (χ2n) is 5.60. The molecule has 2 amide bonds. The van der Waals surface area contributed by atoms with Crippen LogP contribution in [0.3, 0.4) is 0 Å². The molecule has 3 atom stereocenters. The number of nitrogens with one attached hydrogen (secondary N) is 2. The van der Waals surface area contributed by atoms with Gasteiger partial charge in [-0.25, -0.2) is 0 Å². The van der Waals surface area contributed by atoms with Crippen molar-refractivity contribution < 1.29 is 9.59 Å². The van der Waals surface area contributed by atoms with E-state index >= 15 is 0 Å². The van der Waals surface area contributed by atoms with Crippen molar-refractivity contribution in [2.75, 3.05) is 19.6 Å². The molecule has 0 bridgehead atoms. The van der Waals surface area contributed by atoms with Gasteiger partial charge in [0.2, 0.25) is 11.8 Å². The van der Waals surface area contributed by atoms with E-state index in [-0.39, 0.29) is 29.8 Å². The Balaban J connectivity index is 1.70. The van der Waals surface area contributed by atoms with E-state index < -0.39 is 0 Å². The van der Waals surface area contributed by atoms with Crippen molar-refractivity contribution in [2.24, 2.45) is 5.92 Å². The van der Waals surface area contributed by atoms with Gasteiger partial charge in [0.25, 0.3) is 0 Å². The van der Waals surface area contributed by atoms with Crippen LogP contribution in [0.25, 0.3) is 0 Å². The van der Waals surface area contributed by atoms with E-state index in [0.29, 0.717) is 6.54 Å². The first-order valence-electron chi connectivity index (χ1n) is 7.09. The van der Waals surface area contributed by atoms with Crippen LogP contribution in [0, 0.1) is 5.92 Å². The monoisotopic (exact) mass is 251 g/mol. The van der Waals surface area contributed by atoms with Crippen molar-refractivity contribution in [3.05, 3.63) is 0 Å². The largest absolute Gasteiger partial charge is 0.354 e. The zero-order valence-corrected chi connectivity index (χ0v) is 10.7. The normalized spacial score (nSPS) is 36.1. The minimum atomic E-state index is -0.0202. The van der Waals surface area contributed by atoms with Crippen molar-refractivity contribution in [1.29, 1.82) is 0 Å². The zero-order valence-electron chi connectivity index (χ0n) is 10.7. The summed E-state index contributed by atoms with van der Waals surface area (Å²) < 4.78 is 0. The van der Waals surface area contributed by atoms with Crippen LogP contribution in [0.2, 0.25) is 0 Å². The van der Waals surface area contributed by atoms with Crippen molar-refractivity contribution in [1.82, 2.24) is 15.5 Å². The number of amides is 2. The number of nitrogens with zero attached hydrogens (tertiary/aromatic N) is 1. The minimum Gasteiger partial charge on any atom is -0.354 e. The van der Waals surface area contributed by atoms with Crippen molar-refractivity contribution in [3.63, 3.8) is 0 Å². The van der Waals surface area contributed by atoms with Gasteiger partial charge in [-0.2, -0.15) is 0 Å². The van der Waals surface area contributed by atoms with Gasteiger partial charge in [0.1, 0.15) is 0 Å². The molecule has 100 valence electrons. The van der Waals surface area contributed by atoms with Crippen LogP contribution in [-0.4, -0.2) is 48.4 Å². The summed E-state index contributed by atoms with van der Waals surface area (Å²) in [6.45, 7) is 2.39. The number of carbonyl (C=O) groups is 2. The predicted octanol–water partition coefficient (Wildman–Crippen LogP) is -0.134. The molecule has 3 aliphatic rings. The third-order valence-electron chi connectivity index (χ3n) is 4.49. The minimum absolute atomic E-state index is 0.0202. The molecule has 3 rings (SSSR count). The fourth-order valence-corrected chi connectivity index (χ4v) is 3.49. The maximum absolute atomic E-state index is 12.5. The van der Waals surface area contributed by atoms with E-state index in [0.717, 1.165) is 45.2 Å². The third-order valence-corrected chi connectivity index (χ3v) is 4.49. The average molecular weight is 251 g/mol. The quantitative estimate of drug-likeness (QED) is 0.682. The summed E-state index contributed by atoms with van der Waals surface area (Å²) in [5.74, 6) is 0.376. The second-order valence-corrected chi connectivity index (χ2v) is 5.60. The fraction of sp³-hybridized carbons (Fsp3) is 0.846. The topological polar surface area (TPSA) is 61.4 Å². The number of rotatable bonds is 1. The lowest BCUT2D eigenvalue weighted by atomic mass is 9.90. The number of likely N-dealkylation sites (tertiary alicyclic amines) is 1. The van der Waals surface area contributed by atoms with Crippen LogP contribution in [0.15, 0.2) is 0 Å². The summed E-state index contributed by atoms with van der Waals surface area (Å²) in [7, 11) is 0. The van der Waals surface area contributed by atoms with Gasteiger partial charge in [0.05, 0.1) is 18.0 Å². The summed E-state index contributed by atoms with van der Waals surface area (Å²) in [6, 6.07) is 0.0793. The highest BCUT2D eigenvalue weighted by molar-refractivity contribution is 5.86. The summed E-state index contributed by atoms with van der Waals surface area (Å²) in [5.41, 5.74) is 0. The van der Waals surface area contributed by atoms with E-state index in [1.807, 2.05) is 4.90 Å². The van der Waals surface area contributed by atoms with Gasteiger partial charge in [-0.3, -0.25) is 9.59 Å². The van der Waals surface area contributed by atoms with Gasteiger partial charge in [0.15, 0.2) is 0 Å². The molecule has 5 heteroatoms. The predicted molar refractivity (Wildman–Crippen MR) is 66.9 cm³/mol. The Bertz CT molecular complexity index is 352. The highest BCUT2D eigenvalue weighted by Crippen LogP contribution is 2.28. The van der Waals surface area contributed by atoms with Gasteiger partial charge in [-0.15, -0.1) is 0 Å². The lowest BCUT2D eigenvalue weighted by Crippen LogP contribution is -2.55. The Labute approximate surface area is 107 Å². The maximum atomic E-state index is 12.5. The van der Waals surface area contributed by atoms with Gasteiger partial charge in [-0.1, -0.05) is 6.42 Å². The van der Waals surface area contributed by atoms with Crippen LogP contribution in [-0.2, 0) is 9.59 Å². The molecule has 0 aromatic heterocycles. The maximum Gasteiger partial charge on any atom is 0.240 e. The highest BCUT2D eigenvalue weighted by Gasteiger charge is 2.43. The third kappa shape index (κ3) is 2.00. The zero-order chi connectivity index (χ0) is 12.5. The fourth-order valence-electron chi connectivity index (χ4n) is 3.49. The lowest BCUT2D eigenvalue weighted by molar-refractivity contribution is -0.139. The van der Waals surface area contributed by atoms with Gasteiger partial charge >= 0.3 is 0 Å². The Hall–Kier alpha value is -1.10. The molecule has 0 aliphatic carbocycles. The highest BCUT2D eigenvalue weighted by atomic mass is 16.2. The number of hydrogen-bond donors (Lipinski definition) is 2. The first kappa shape index (κ1) is 12.0. The van der Waals surface area contributed by atoms with E-state index in [1.165, 1.54) is 0 Å². The Morgan fingerprint density at radius 1 is 1.22 bits per heavy atom. The molecule has 2 N–H and O–H groups in total. The van der Waals surface area contributed by atoms with Gasteiger partial charge < -0.3 is 15.5 Å². The molecule has 3 fully saturated rings. The SMILES string of the molecule is O=C1NCC2C1CCCN2C(=O)[C@H]1CCCCN1. The van der Waals surface area contributed by atoms with Crippen LogP contribution in [0.5, 0.6) is 0 Å². The van der Waals surface area contributed by atoms with E-state index in [1.54, 1.807) is 0 Å². The van der Waals surface area contributed by atoms with Gasteiger partial charge in [-0.05, 0) is 32.2 Å². The molecular formula is C13H21N3O2. The standard InChI is InChI=1S/C13H21N3O2/c17-12-9-4-3-7-16(11(9)8-15-12)13(18)10-5-1-2-6-14-10/h9-11,14H,1-8H2,(H,15,17)/t9?,10-,11?/m1/s1. The van der Waals surface area contributed by atoms with Crippen LogP contribution in [0.1, 0.15) is 32.1 Å². The summed E-state index contributed by atoms with van der Waals surface area (Å²) in [4.78, 5) is 26.2. The van der Waals surface area contributed by atoms with Crippen molar-refractivity contribution >= 4 is 11.8 Å². The number of carbonyl (C=O) groups excluding carboxylic acids is 2. The Kier molecular flexibility index (Phi) is 3.24. The Morgan fingerprint density at radius 3 is 2.89 bits per heavy atom. The Morgan fingerprint density at radius 2 is 2.11 bits per heavy atom. The van der Waals surface area contributed by atoms with E-state index in [9.17, 15) is 9.59 Å². The smallest absolute Gasteiger partial charge is 0.240 e. The van der Waals surface area contributed by atoms with Crippen molar-refractivity contribution in [3.8, 4) is 0 Å². The van der Waals surface area contributed by atoms with Crippen molar-refractivity contribution in [2.45, 2.75) is 44.2 Å². The first-order chi connectivity index (χ1) is 8.77. The average Bonchev–Trinajstić information content (AvgIpc) is 2.81. The van der Waals surface area contributed by atoms with E-state index in [4.69, 9.17) is 0 Å². The summed E-state index contributed by atoms with van der Waals surface area (Å²) in [6.07, 6.45) is 5.11. The molecule has 0 aromatic carbocycles. The number of fused-ring (bicyclic) bond motifs is 1. The molecule has 2 unspecified atom stereocenters. The van der Waals surface area contributed by atoms with Crippen LogP contribution >= 0.6 is 0 Å². The molecule has 0 radical (unpaired) electrons. The summed E-state index contributed by atoms with van der Waals surface area (Å²) >= 11 is 0. The van der Waals surface area contributed by atoms with Crippen LogP contribution in [0.4, 0.5) is 0 Å². The molecule has 0 spiro atoms. The second kappa shape index (κ2) is 4.88. The molecule has 3 saturated heterocycles. The molecule has 5 nitrogen and oxygen atoms in total. The van der Waals surface area contributed by atoms with E-state index in [2.05, 4.69) is 10.6 Å². The van der Waals surface area contributed by atoms with Gasteiger partial charge in [0, 0.05) is 13.1 Å². The number of piperidine rings is 2. The first-order valence-corrected chi connectivity index (χ1v) is 7.09. The lowest BCUT2D eigenvalue weighted by Gasteiger charge is -2.38. The summed E-state index contributed by atoms with van der Waals surface area (Å²) in [5, 5.41) is 6.21. The molecule has 3 heterocycles. The molecule has 3 aliphatic heterocycles. The molecule has 18 heavy (non-hydrogen) atoms. The molecular weight excluding hydrogens is 230 g/mol.